The summed E-state index contributed by atoms with van der Waals surface area (Å²) >= 11 is 5.87. The Hall–Kier alpha value is -1.53. The van der Waals surface area contributed by atoms with Crippen molar-refractivity contribution in [1.29, 1.82) is 5.26 Å². The van der Waals surface area contributed by atoms with Crippen molar-refractivity contribution in [3.8, 4) is 6.07 Å². The van der Waals surface area contributed by atoms with Crippen molar-refractivity contribution < 1.29 is 4.79 Å². The fraction of sp³-hybridized carbons (Fsp3) is 0.200. The zero-order chi connectivity index (χ0) is 10.4. The molecule has 0 heterocycles. The van der Waals surface area contributed by atoms with Crippen LogP contribution in [-0.4, -0.2) is 12.5 Å². The molecule has 0 aliphatic heterocycles. The molecular formula is C10H9ClN2O. The summed E-state index contributed by atoms with van der Waals surface area (Å²) in [6, 6.07) is 10.8. The van der Waals surface area contributed by atoms with E-state index >= 15 is 0 Å². The van der Waals surface area contributed by atoms with Gasteiger partial charge in [0.25, 0.3) is 0 Å². The molecule has 14 heavy (non-hydrogen) atoms. The van der Waals surface area contributed by atoms with Crippen LogP contribution in [0.2, 0.25) is 0 Å². The Kier molecular flexibility index (Phi) is 3.96. The molecule has 0 fully saturated rings. The number of nitriles is 1. The third kappa shape index (κ3) is 2.75. The molecule has 0 aromatic heterocycles. The standard InChI is InChI=1S/C10H9ClN2O/c11-9(10(14)13-7-6-12)8-4-2-1-3-5-8/h1-5,9H,7H2,(H,13,14). The maximum absolute atomic E-state index is 11.3. The number of halogens is 1. The van der Waals surface area contributed by atoms with Crippen LogP contribution in [0.1, 0.15) is 10.9 Å². The quantitative estimate of drug-likeness (QED) is 0.606. The average molecular weight is 209 g/mol. The number of nitrogens with one attached hydrogen (secondary N) is 1. The van der Waals surface area contributed by atoms with Crippen molar-refractivity contribution in [2.45, 2.75) is 5.38 Å². The summed E-state index contributed by atoms with van der Waals surface area (Å²) in [4.78, 5) is 11.3. The van der Waals surface area contributed by atoms with Crippen molar-refractivity contribution in [2.24, 2.45) is 0 Å². The normalized spacial score (nSPS) is 11.4. The Morgan fingerprint density at radius 3 is 2.71 bits per heavy atom. The van der Waals surface area contributed by atoms with Crippen molar-refractivity contribution in [2.75, 3.05) is 6.54 Å². The predicted octanol–water partition coefficient (Wildman–Crippen LogP) is 1.61. The Bertz CT molecular complexity index is 345. The molecule has 1 atom stereocenters. The second-order valence-corrected chi connectivity index (χ2v) is 3.09. The number of hydrogen-bond acceptors (Lipinski definition) is 2. The summed E-state index contributed by atoms with van der Waals surface area (Å²) in [5, 5.41) is 9.93. The molecule has 0 saturated carbocycles. The lowest BCUT2D eigenvalue weighted by Crippen LogP contribution is -2.27. The molecule has 1 aromatic carbocycles. The van der Waals surface area contributed by atoms with Gasteiger partial charge in [-0.15, -0.1) is 11.6 Å². The van der Waals surface area contributed by atoms with Gasteiger partial charge in [0.2, 0.25) is 5.91 Å². The highest BCUT2D eigenvalue weighted by Gasteiger charge is 2.15. The van der Waals surface area contributed by atoms with Crippen molar-refractivity contribution in [1.82, 2.24) is 5.32 Å². The lowest BCUT2D eigenvalue weighted by atomic mass is 10.1. The van der Waals surface area contributed by atoms with Gasteiger partial charge in [-0.3, -0.25) is 4.79 Å². The lowest BCUT2D eigenvalue weighted by molar-refractivity contribution is -0.120. The van der Waals surface area contributed by atoms with Gasteiger partial charge in [-0.2, -0.15) is 5.26 Å². The van der Waals surface area contributed by atoms with E-state index in [-0.39, 0.29) is 12.5 Å². The molecule has 0 bridgehead atoms. The Morgan fingerprint density at radius 2 is 2.14 bits per heavy atom. The Morgan fingerprint density at radius 1 is 1.50 bits per heavy atom. The second-order valence-electron chi connectivity index (χ2n) is 2.65. The van der Waals surface area contributed by atoms with Crippen LogP contribution in [0.25, 0.3) is 0 Å². The number of alkyl halides is 1. The highest BCUT2D eigenvalue weighted by Crippen LogP contribution is 2.19. The maximum atomic E-state index is 11.3. The first-order valence-corrected chi connectivity index (χ1v) is 4.53. The van der Waals surface area contributed by atoms with Crippen LogP contribution in [0.3, 0.4) is 0 Å². The number of rotatable bonds is 3. The van der Waals surface area contributed by atoms with E-state index < -0.39 is 5.38 Å². The first-order chi connectivity index (χ1) is 6.75. The fourth-order valence-corrected chi connectivity index (χ4v) is 1.21. The molecule has 0 saturated heterocycles. The summed E-state index contributed by atoms with van der Waals surface area (Å²) < 4.78 is 0. The minimum Gasteiger partial charge on any atom is -0.341 e. The van der Waals surface area contributed by atoms with Crippen LogP contribution < -0.4 is 5.32 Å². The van der Waals surface area contributed by atoms with Crippen LogP contribution in [0.4, 0.5) is 0 Å². The molecule has 3 nitrogen and oxygen atoms in total. The average Bonchev–Trinajstić information content (AvgIpc) is 2.26. The van der Waals surface area contributed by atoms with Gasteiger partial charge in [-0.05, 0) is 5.56 Å². The molecule has 0 spiro atoms. The van der Waals surface area contributed by atoms with Gasteiger partial charge in [-0.25, -0.2) is 0 Å². The summed E-state index contributed by atoms with van der Waals surface area (Å²) in [5.41, 5.74) is 0.726. The molecular weight excluding hydrogens is 200 g/mol. The third-order valence-corrected chi connectivity index (χ3v) is 2.11. The van der Waals surface area contributed by atoms with Crippen LogP contribution >= 0.6 is 11.6 Å². The molecule has 0 aliphatic carbocycles. The molecule has 1 unspecified atom stereocenters. The van der Waals surface area contributed by atoms with E-state index in [0.29, 0.717) is 0 Å². The van der Waals surface area contributed by atoms with E-state index in [1.807, 2.05) is 24.3 Å². The maximum Gasteiger partial charge on any atom is 0.243 e. The van der Waals surface area contributed by atoms with Gasteiger partial charge in [0, 0.05) is 0 Å². The van der Waals surface area contributed by atoms with Crippen LogP contribution in [0.15, 0.2) is 30.3 Å². The number of carbonyl (C=O) groups excluding carboxylic acids is 1. The molecule has 0 aliphatic rings. The van der Waals surface area contributed by atoms with Gasteiger partial charge < -0.3 is 5.32 Å². The molecule has 4 heteroatoms. The lowest BCUT2D eigenvalue weighted by Gasteiger charge is -2.08. The zero-order valence-corrected chi connectivity index (χ0v) is 8.16. The monoisotopic (exact) mass is 208 g/mol. The van der Waals surface area contributed by atoms with E-state index in [4.69, 9.17) is 16.9 Å². The molecule has 72 valence electrons. The van der Waals surface area contributed by atoms with E-state index in [9.17, 15) is 4.79 Å². The Labute approximate surface area is 87.3 Å². The Balaban J connectivity index is 2.62. The van der Waals surface area contributed by atoms with Gasteiger partial charge in [0.1, 0.15) is 11.9 Å². The minimum atomic E-state index is -0.732. The van der Waals surface area contributed by atoms with E-state index in [1.165, 1.54) is 0 Å². The highest BCUT2D eigenvalue weighted by atomic mass is 35.5. The summed E-state index contributed by atoms with van der Waals surface area (Å²) in [7, 11) is 0. The number of nitrogens with zero attached hydrogens (tertiary/aromatic N) is 1. The van der Waals surface area contributed by atoms with E-state index in [0.717, 1.165) is 5.56 Å². The third-order valence-electron chi connectivity index (χ3n) is 1.66. The summed E-state index contributed by atoms with van der Waals surface area (Å²) in [5.74, 6) is -0.348. The van der Waals surface area contributed by atoms with E-state index in [2.05, 4.69) is 5.32 Å². The highest BCUT2D eigenvalue weighted by molar-refractivity contribution is 6.30. The van der Waals surface area contributed by atoms with Gasteiger partial charge in [-0.1, -0.05) is 30.3 Å². The topological polar surface area (TPSA) is 52.9 Å². The predicted molar refractivity (Wildman–Crippen MR) is 53.7 cm³/mol. The SMILES string of the molecule is N#CCNC(=O)C(Cl)c1ccccc1. The first-order valence-electron chi connectivity index (χ1n) is 4.09. The van der Waals surface area contributed by atoms with E-state index in [1.54, 1.807) is 12.1 Å². The number of benzene rings is 1. The van der Waals surface area contributed by atoms with Crippen molar-refractivity contribution in [3.63, 3.8) is 0 Å². The van der Waals surface area contributed by atoms with Crippen LogP contribution in [0.5, 0.6) is 0 Å². The van der Waals surface area contributed by atoms with Gasteiger partial charge >= 0.3 is 0 Å². The van der Waals surface area contributed by atoms with Gasteiger partial charge in [0.15, 0.2) is 0 Å². The molecule has 1 rings (SSSR count). The molecule has 0 radical (unpaired) electrons. The second kappa shape index (κ2) is 5.25. The number of carbonyl (C=O) groups is 1. The summed E-state index contributed by atoms with van der Waals surface area (Å²) in [6.07, 6.45) is 0. The largest absolute Gasteiger partial charge is 0.341 e. The smallest absolute Gasteiger partial charge is 0.243 e. The fourth-order valence-electron chi connectivity index (χ4n) is 0.990. The molecule has 1 amide bonds. The zero-order valence-electron chi connectivity index (χ0n) is 7.40. The summed E-state index contributed by atoms with van der Waals surface area (Å²) in [6.45, 7) is -0.0190. The van der Waals surface area contributed by atoms with Crippen LogP contribution in [-0.2, 0) is 4.79 Å². The first kappa shape index (κ1) is 10.6. The minimum absolute atomic E-state index is 0.0190. The number of hydrogen-bond donors (Lipinski definition) is 1. The van der Waals surface area contributed by atoms with Crippen molar-refractivity contribution >= 4 is 17.5 Å². The van der Waals surface area contributed by atoms with Crippen molar-refractivity contribution in [3.05, 3.63) is 35.9 Å². The number of amides is 1. The molecule has 1 aromatic rings. The van der Waals surface area contributed by atoms with Crippen LogP contribution in [0, 0.1) is 11.3 Å². The van der Waals surface area contributed by atoms with Gasteiger partial charge in [0.05, 0.1) is 6.07 Å². The molecule has 1 N–H and O–H groups in total.